The molecule has 156 valence electrons. The quantitative estimate of drug-likeness (QED) is 0.635. The molecule has 0 saturated heterocycles. The van der Waals surface area contributed by atoms with Gasteiger partial charge in [0.15, 0.2) is 0 Å². The first-order chi connectivity index (χ1) is 13.0. The summed E-state index contributed by atoms with van der Waals surface area (Å²) in [5.74, 6) is 5.70. The van der Waals surface area contributed by atoms with E-state index in [1.54, 1.807) is 32.9 Å². The zero-order valence-electron chi connectivity index (χ0n) is 17.1. The minimum atomic E-state index is -3.86. The normalized spacial score (nSPS) is 23.4. The number of rotatable bonds is 4. The van der Waals surface area contributed by atoms with Crippen molar-refractivity contribution in [3.8, 4) is 17.6 Å². The number of ether oxygens (including phenoxy) is 1. The van der Waals surface area contributed by atoms with E-state index in [4.69, 9.17) is 4.74 Å². The van der Waals surface area contributed by atoms with Crippen molar-refractivity contribution < 1.29 is 23.4 Å². The summed E-state index contributed by atoms with van der Waals surface area (Å²) >= 11 is 0. The number of benzene rings is 1. The number of aliphatic hydroxyl groups excluding tert-OH is 1. The Bertz CT molecular complexity index is 852. The van der Waals surface area contributed by atoms with Crippen LogP contribution < -0.4 is 10.1 Å². The summed E-state index contributed by atoms with van der Waals surface area (Å²) < 4.78 is 34.0. The molecule has 3 atom stereocenters. The molecule has 0 fully saturated rings. The van der Waals surface area contributed by atoms with Crippen LogP contribution in [0.25, 0.3) is 0 Å². The van der Waals surface area contributed by atoms with Gasteiger partial charge < -0.3 is 20.3 Å². The van der Waals surface area contributed by atoms with Crippen LogP contribution in [0.1, 0.15) is 33.3 Å². The first-order valence-corrected chi connectivity index (χ1v) is 10.8. The van der Waals surface area contributed by atoms with Gasteiger partial charge in [0.1, 0.15) is 22.4 Å². The molecule has 1 aromatic carbocycles. The maximum atomic E-state index is 13.3. The van der Waals surface area contributed by atoms with Gasteiger partial charge in [-0.3, -0.25) is 0 Å². The highest BCUT2D eigenvalue weighted by molar-refractivity contribution is 7.89. The topological polar surface area (TPSA) is 99.1 Å². The fraction of sp³-hybridized carbons (Fsp3) is 0.600. The molecule has 1 heterocycles. The zero-order valence-corrected chi connectivity index (χ0v) is 17.9. The fourth-order valence-corrected chi connectivity index (χ4v) is 4.80. The average Bonchev–Trinajstić information content (AvgIpc) is 2.61. The highest BCUT2D eigenvalue weighted by atomic mass is 32.2. The largest absolute Gasteiger partial charge is 0.487 e. The highest BCUT2D eigenvalue weighted by Crippen LogP contribution is 2.33. The molecule has 1 aliphatic rings. The third-order valence-electron chi connectivity index (χ3n) is 4.59. The Morgan fingerprint density at radius 1 is 1.43 bits per heavy atom. The Labute approximate surface area is 167 Å². The third-order valence-corrected chi connectivity index (χ3v) is 6.60. The summed E-state index contributed by atoms with van der Waals surface area (Å²) in [7, 11) is -2.04. The van der Waals surface area contributed by atoms with Gasteiger partial charge in [0.05, 0.1) is 6.61 Å². The van der Waals surface area contributed by atoms with Crippen LogP contribution in [0.2, 0.25) is 0 Å². The van der Waals surface area contributed by atoms with Crippen LogP contribution in [-0.2, 0) is 10.0 Å². The molecule has 3 N–H and O–H groups in total. The third kappa shape index (κ3) is 5.25. The van der Waals surface area contributed by atoms with Crippen molar-refractivity contribution in [2.75, 3.05) is 26.7 Å². The minimum absolute atomic E-state index is 0.0506. The van der Waals surface area contributed by atoms with Crippen molar-refractivity contribution in [3.05, 3.63) is 23.8 Å². The monoisotopic (exact) mass is 410 g/mol. The van der Waals surface area contributed by atoms with E-state index in [0.717, 1.165) is 0 Å². The van der Waals surface area contributed by atoms with E-state index in [1.165, 1.54) is 10.4 Å². The molecule has 0 saturated carbocycles. The number of likely N-dealkylation sites (N-methyl/N-ethyl adjacent to an activating group) is 1. The Kier molecular flexibility index (Phi) is 7.12. The lowest BCUT2D eigenvalue weighted by Crippen LogP contribution is -2.49. The molecule has 2 rings (SSSR count). The van der Waals surface area contributed by atoms with Crippen LogP contribution in [0.5, 0.6) is 5.75 Å². The lowest BCUT2D eigenvalue weighted by Gasteiger charge is -2.36. The molecule has 0 aromatic heterocycles. The molecule has 0 spiro atoms. The Balaban J connectivity index is 2.61. The molecule has 0 aliphatic carbocycles. The second-order valence-electron chi connectivity index (χ2n) is 7.77. The van der Waals surface area contributed by atoms with E-state index in [0.29, 0.717) is 12.1 Å². The number of nitrogens with one attached hydrogen (secondary N) is 1. The van der Waals surface area contributed by atoms with Crippen molar-refractivity contribution in [2.45, 2.75) is 50.3 Å². The second-order valence-corrected chi connectivity index (χ2v) is 9.63. The number of hydrogen-bond donors (Lipinski definition) is 3. The number of nitrogens with zero attached hydrogens (tertiary/aromatic N) is 1. The summed E-state index contributed by atoms with van der Waals surface area (Å²) in [5, 5.41) is 22.5. The maximum absolute atomic E-state index is 13.3. The van der Waals surface area contributed by atoms with Gasteiger partial charge in [-0.15, -0.1) is 0 Å². The number of aliphatic hydroxyl groups is 2. The molecule has 1 aliphatic heterocycles. The highest BCUT2D eigenvalue weighted by Gasteiger charge is 2.37. The molecular formula is C20H30N2O5S. The summed E-state index contributed by atoms with van der Waals surface area (Å²) in [4.78, 5) is 0.0506. The number of sulfonamides is 1. The standard InChI is InChI=1S/C20H30N2O5S/c1-14-12-22(15(2)13-23)28(25,26)19-7-6-16(8-9-20(3,4)24)10-17(19)27-18(14)11-21-5/h6-7,10,14-15,18,21,23-24H,11-13H2,1-5H3/t14-,15-,18-/m0/s1. The van der Waals surface area contributed by atoms with Crippen LogP contribution in [0.4, 0.5) is 0 Å². The van der Waals surface area contributed by atoms with E-state index in [9.17, 15) is 18.6 Å². The summed E-state index contributed by atoms with van der Waals surface area (Å²) in [5.41, 5.74) is -0.609. The van der Waals surface area contributed by atoms with Gasteiger partial charge in [-0.1, -0.05) is 18.8 Å². The van der Waals surface area contributed by atoms with Gasteiger partial charge in [-0.25, -0.2) is 8.42 Å². The van der Waals surface area contributed by atoms with Crippen LogP contribution in [0, 0.1) is 17.8 Å². The van der Waals surface area contributed by atoms with Crippen molar-refractivity contribution >= 4 is 10.0 Å². The van der Waals surface area contributed by atoms with Gasteiger partial charge in [-0.05, 0) is 46.0 Å². The minimum Gasteiger partial charge on any atom is -0.487 e. The van der Waals surface area contributed by atoms with Crippen LogP contribution in [0.3, 0.4) is 0 Å². The van der Waals surface area contributed by atoms with Gasteiger partial charge >= 0.3 is 0 Å². The Morgan fingerprint density at radius 3 is 2.68 bits per heavy atom. The van der Waals surface area contributed by atoms with Crippen molar-refractivity contribution in [3.63, 3.8) is 0 Å². The summed E-state index contributed by atoms with van der Waals surface area (Å²) in [6, 6.07) is 4.11. The lowest BCUT2D eigenvalue weighted by molar-refractivity contribution is 0.103. The van der Waals surface area contributed by atoms with E-state index in [-0.39, 0.29) is 35.8 Å². The van der Waals surface area contributed by atoms with E-state index < -0.39 is 21.7 Å². The molecule has 7 nitrogen and oxygen atoms in total. The number of hydrogen-bond acceptors (Lipinski definition) is 6. The smallest absolute Gasteiger partial charge is 0.247 e. The van der Waals surface area contributed by atoms with E-state index in [2.05, 4.69) is 17.2 Å². The maximum Gasteiger partial charge on any atom is 0.247 e. The summed E-state index contributed by atoms with van der Waals surface area (Å²) in [6.07, 6.45) is -0.259. The first-order valence-electron chi connectivity index (χ1n) is 9.33. The number of fused-ring (bicyclic) bond motifs is 1. The van der Waals surface area contributed by atoms with Gasteiger partial charge in [0, 0.05) is 30.6 Å². The predicted octanol–water partition coefficient (Wildman–Crippen LogP) is 0.797. The van der Waals surface area contributed by atoms with Crippen LogP contribution >= 0.6 is 0 Å². The molecule has 8 heteroatoms. The molecular weight excluding hydrogens is 380 g/mol. The van der Waals surface area contributed by atoms with Gasteiger partial charge in [0.2, 0.25) is 10.0 Å². The van der Waals surface area contributed by atoms with Crippen molar-refractivity contribution in [1.82, 2.24) is 9.62 Å². The molecule has 1 aromatic rings. The molecule has 0 bridgehead atoms. The predicted molar refractivity (Wildman–Crippen MR) is 108 cm³/mol. The van der Waals surface area contributed by atoms with E-state index in [1.807, 2.05) is 14.0 Å². The SMILES string of the molecule is CNC[C@@H]1Oc2cc(C#CC(C)(C)O)ccc2S(=O)(=O)N([C@@H](C)CO)C[C@@H]1C. The Hall–Kier alpha value is -1.63. The lowest BCUT2D eigenvalue weighted by atomic mass is 10.0. The molecule has 0 unspecified atom stereocenters. The average molecular weight is 411 g/mol. The van der Waals surface area contributed by atoms with Crippen molar-refractivity contribution in [1.29, 1.82) is 0 Å². The second kappa shape index (κ2) is 8.80. The van der Waals surface area contributed by atoms with Crippen LogP contribution in [0.15, 0.2) is 23.1 Å². The van der Waals surface area contributed by atoms with Gasteiger partial charge in [-0.2, -0.15) is 4.31 Å². The molecule has 0 amide bonds. The van der Waals surface area contributed by atoms with E-state index >= 15 is 0 Å². The molecule has 28 heavy (non-hydrogen) atoms. The fourth-order valence-electron chi connectivity index (χ4n) is 2.97. The molecule has 0 radical (unpaired) electrons. The first kappa shape index (κ1) is 22.7. The van der Waals surface area contributed by atoms with Crippen molar-refractivity contribution in [2.24, 2.45) is 5.92 Å². The Morgan fingerprint density at radius 2 is 2.11 bits per heavy atom. The van der Waals surface area contributed by atoms with Gasteiger partial charge in [0.25, 0.3) is 0 Å². The van der Waals surface area contributed by atoms with Crippen LogP contribution in [-0.4, -0.2) is 67.4 Å². The zero-order chi connectivity index (χ0) is 21.1. The summed E-state index contributed by atoms with van der Waals surface area (Å²) in [6.45, 7) is 7.28.